The van der Waals surface area contributed by atoms with Gasteiger partial charge in [0.25, 0.3) is 5.91 Å². The Bertz CT molecular complexity index is 733. The van der Waals surface area contributed by atoms with Gasteiger partial charge in [0, 0.05) is 4.32 Å². The molecule has 8 heteroatoms. The van der Waals surface area contributed by atoms with Gasteiger partial charge in [0.2, 0.25) is 0 Å². The highest BCUT2D eigenvalue weighted by molar-refractivity contribution is 9.10. The van der Waals surface area contributed by atoms with Crippen LogP contribution < -0.4 is 10.6 Å². The predicted molar refractivity (Wildman–Crippen MR) is 98.8 cm³/mol. The van der Waals surface area contributed by atoms with Crippen molar-refractivity contribution < 1.29 is 23.5 Å². The Morgan fingerprint density at radius 2 is 1.96 bits per heavy atom. The number of hydrogen-bond acceptors (Lipinski definition) is 5. The van der Waals surface area contributed by atoms with Crippen LogP contribution in [0.4, 0.5) is 4.79 Å². The number of amides is 3. The third-order valence-corrected chi connectivity index (χ3v) is 6.94. The average molecular weight is 439 g/mol. The van der Waals surface area contributed by atoms with Gasteiger partial charge in [0.15, 0.2) is 6.61 Å². The van der Waals surface area contributed by atoms with Crippen LogP contribution in [-0.4, -0.2) is 28.8 Å². The molecule has 0 radical (unpaired) electrons. The van der Waals surface area contributed by atoms with Crippen molar-refractivity contribution in [1.29, 1.82) is 0 Å². The number of furan rings is 1. The molecule has 4 fully saturated rings. The lowest BCUT2D eigenvalue weighted by Gasteiger charge is -2.58. The average Bonchev–Trinajstić information content (AvgIpc) is 3.09. The van der Waals surface area contributed by atoms with Crippen molar-refractivity contribution in [2.45, 2.75) is 49.4 Å². The number of carbonyl (C=O) groups excluding carboxylic acids is 3. The Morgan fingerprint density at radius 1 is 1.22 bits per heavy atom. The maximum absolute atomic E-state index is 12.8. The van der Waals surface area contributed by atoms with E-state index >= 15 is 0 Å². The molecule has 27 heavy (non-hydrogen) atoms. The Morgan fingerprint density at radius 3 is 2.59 bits per heavy atom. The van der Waals surface area contributed by atoms with Crippen molar-refractivity contribution >= 4 is 33.8 Å². The molecule has 0 spiro atoms. The number of nitrogens with one attached hydrogen (secondary N) is 2. The first-order chi connectivity index (χ1) is 12.9. The number of esters is 1. The fourth-order valence-corrected chi connectivity index (χ4v) is 6.91. The molecule has 4 saturated carbocycles. The summed E-state index contributed by atoms with van der Waals surface area (Å²) in [7, 11) is 0. The van der Waals surface area contributed by atoms with Crippen LogP contribution in [0.15, 0.2) is 22.8 Å². The lowest BCUT2D eigenvalue weighted by atomic mass is 9.49. The van der Waals surface area contributed by atoms with Gasteiger partial charge in [-0.2, -0.15) is 0 Å². The summed E-state index contributed by atoms with van der Waals surface area (Å²) < 4.78 is 10.5. The summed E-state index contributed by atoms with van der Waals surface area (Å²) in [4.78, 5) is 36.4. The molecule has 7 nitrogen and oxygen atoms in total. The molecule has 2 N–H and O–H groups in total. The number of rotatable bonds is 5. The summed E-state index contributed by atoms with van der Waals surface area (Å²) in [6.07, 6.45) is 7.41. The Kier molecular flexibility index (Phi) is 4.78. The number of halogens is 1. The maximum atomic E-state index is 12.8. The van der Waals surface area contributed by atoms with Crippen LogP contribution in [0, 0.1) is 17.3 Å². The largest absolute Gasteiger partial charge is 0.467 e. The van der Waals surface area contributed by atoms with Gasteiger partial charge in [-0.1, -0.05) is 15.9 Å². The fourth-order valence-electron chi connectivity index (χ4n) is 5.46. The highest BCUT2D eigenvalue weighted by Crippen LogP contribution is 2.64. The first-order valence-electron chi connectivity index (χ1n) is 9.32. The van der Waals surface area contributed by atoms with E-state index in [1.165, 1.54) is 12.7 Å². The number of urea groups is 1. The molecule has 1 aromatic heterocycles. The minimum absolute atomic E-state index is 0.0457. The third-order valence-electron chi connectivity index (χ3n) is 6.01. The lowest BCUT2D eigenvalue weighted by molar-refractivity contribution is -0.171. The van der Waals surface area contributed by atoms with E-state index in [4.69, 9.17) is 9.15 Å². The Hall–Kier alpha value is -1.83. The van der Waals surface area contributed by atoms with Gasteiger partial charge in [0.05, 0.1) is 18.2 Å². The molecule has 4 bridgehead atoms. The summed E-state index contributed by atoms with van der Waals surface area (Å²) in [6.45, 7) is -0.273. The number of alkyl halides is 1. The molecule has 0 aliphatic heterocycles. The van der Waals surface area contributed by atoms with E-state index in [-0.39, 0.29) is 16.8 Å². The highest BCUT2D eigenvalue weighted by Gasteiger charge is 2.60. The maximum Gasteiger partial charge on any atom is 0.321 e. The van der Waals surface area contributed by atoms with Crippen molar-refractivity contribution in [1.82, 2.24) is 10.6 Å². The monoisotopic (exact) mass is 438 g/mol. The second-order valence-corrected chi connectivity index (χ2v) is 9.96. The van der Waals surface area contributed by atoms with Gasteiger partial charge in [-0.05, 0) is 62.5 Å². The molecule has 2 atom stereocenters. The molecule has 4 aliphatic carbocycles. The van der Waals surface area contributed by atoms with E-state index in [1.807, 2.05) is 0 Å². The number of hydrogen-bond donors (Lipinski definition) is 2. The predicted octanol–water partition coefficient (Wildman–Crippen LogP) is 2.88. The number of imide groups is 1. The Balaban J connectivity index is 1.25. The molecule has 1 heterocycles. The van der Waals surface area contributed by atoms with Gasteiger partial charge in [-0.25, -0.2) is 4.79 Å². The van der Waals surface area contributed by atoms with Crippen molar-refractivity contribution in [3.8, 4) is 0 Å². The molecule has 1 aromatic rings. The third kappa shape index (κ3) is 3.90. The summed E-state index contributed by atoms with van der Waals surface area (Å²) in [5.74, 6) is 0.749. The molecule has 0 aromatic carbocycles. The normalized spacial score (nSPS) is 33.5. The van der Waals surface area contributed by atoms with Gasteiger partial charge < -0.3 is 14.5 Å². The van der Waals surface area contributed by atoms with E-state index in [2.05, 4.69) is 26.6 Å². The second-order valence-electron chi connectivity index (χ2n) is 8.28. The minimum atomic E-state index is -0.651. The van der Waals surface area contributed by atoms with Gasteiger partial charge in [-0.15, -0.1) is 0 Å². The van der Waals surface area contributed by atoms with Crippen LogP contribution in [-0.2, 0) is 20.9 Å². The van der Waals surface area contributed by atoms with Crippen LogP contribution in [0.2, 0.25) is 0 Å². The van der Waals surface area contributed by atoms with Crippen molar-refractivity contribution in [3.05, 3.63) is 24.2 Å². The van der Waals surface area contributed by atoms with E-state index in [9.17, 15) is 14.4 Å². The lowest BCUT2D eigenvalue weighted by Crippen LogP contribution is -2.56. The van der Waals surface area contributed by atoms with Crippen LogP contribution in [0.25, 0.3) is 0 Å². The van der Waals surface area contributed by atoms with Crippen LogP contribution in [0.3, 0.4) is 0 Å². The highest BCUT2D eigenvalue weighted by atomic mass is 79.9. The minimum Gasteiger partial charge on any atom is -0.467 e. The SMILES string of the molecule is O=C(COC(=O)C12C[C@H]3C[C@@H](CC(Br)(C3)C1)C2)NC(=O)NCc1ccco1. The van der Waals surface area contributed by atoms with Gasteiger partial charge in [0.1, 0.15) is 5.76 Å². The smallest absolute Gasteiger partial charge is 0.321 e. The van der Waals surface area contributed by atoms with E-state index in [1.54, 1.807) is 12.1 Å². The summed E-state index contributed by atoms with van der Waals surface area (Å²) in [5, 5.41) is 4.67. The summed E-state index contributed by atoms with van der Waals surface area (Å²) in [6, 6.07) is 2.77. The van der Waals surface area contributed by atoms with Crippen LogP contribution in [0.1, 0.15) is 44.3 Å². The molecular weight excluding hydrogens is 416 g/mol. The molecule has 3 amide bonds. The van der Waals surface area contributed by atoms with Gasteiger partial charge in [-0.3, -0.25) is 14.9 Å². The fraction of sp³-hybridized carbons (Fsp3) is 0.632. The quantitative estimate of drug-likeness (QED) is 0.543. The number of carbonyl (C=O) groups is 3. The van der Waals surface area contributed by atoms with Gasteiger partial charge >= 0.3 is 12.0 Å². The van der Waals surface area contributed by atoms with E-state index in [0.717, 1.165) is 32.1 Å². The summed E-state index contributed by atoms with van der Waals surface area (Å²) in [5.41, 5.74) is -0.477. The van der Waals surface area contributed by atoms with Crippen molar-refractivity contribution in [3.63, 3.8) is 0 Å². The summed E-state index contributed by atoms with van der Waals surface area (Å²) >= 11 is 3.86. The molecule has 5 rings (SSSR count). The molecule has 4 aliphatic rings. The Labute approximate surface area is 165 Å². The van der Waals surface area contributed by atoms with Crippen LogP contribution >= 0.6 is 15.9 Å². The molecule has 0 unspecified atom stereocenters. The van der Waals surface area contributed by atoms with Crippen molar-refractivity contribution in [2.75, 3.05) is 6.61 Å². The second kappa shape index (κ2) is 6.96. The first-order valence-corrected chi connectivity index (χ1v) is 10.1. The standard InChI is InChI=1S/C19H23BrN2O5/c20-19-7-12-4-13(8-19)6-18(5-12,11-19)16(24)27-10-15(23)22-17(25)21-9-14-2-1-3-26-14/h1-3,12-13H,4-11H2,(H2,21,22,23,25)/t12-,13-,18?,19?/m1/s1. The zero-order chi connectivity index (χ0) is 19.1. The zero-order valence-electron chi connectivity index (χ0n) is 15.0. The molecular formula is C19H23BrN2O5. The van der Waals surface area contributed by atoms with E-state index < -0.39 is 24.0 Å². The first kappa shape index (κ1) is 18.5. The van der Waals surface area contributed by atoms with Crippen molar-refractivity contribution in [2.24, 2.45) is 17.3 Å². The topological polar surface area (TPSA) is 97.6 Å². The van der Waals surface area contributed by atoms with Crippen LogP contribution in [0.5, 0.6) is 0 Å². The zero-order valence-corrected chi connectivity index (χ0v) is 16.5. The molecule has 146 valence electrons. The number of ether oxygens (including phenoxy) is 1. The molecule has 0 saturated heterocycles. The van der Waals surface area contributed by atoms with E-state index in [0.29, 0.717) is 17.6 Å².